The van der Waals surface area contributed by atoms with Crippen LogP contribution in [0.2, 0.25) is 0 Å². The number of hydrogen-bond donors (Lipinski definition) is 1. The lowest BCUT2D eigenvalue weighted by atomic mass is 9.87. The number of rotatable bonds is 5. The predicted octanol–water partition coefficient (Wildman–Crippen LogP) is 3.17. The Kier molecular flexibility index (Phi) is 6.69. The van der Waals surface area contributed by atoms with Crippen molar-refractivity contribution in [1.29, 1.82) is 0 Å². The van der Waals surface area contributed by atoms with Crippen molar-refractivity contribution in [1.82, 2.24) is 18.7 Å². The van der Waals surface area contributed by atoms with Crippen LogP contribution in [0.15, 0.2) is 31.6 Å². The summed E-state index contributed by atoms with van der Waals surface area (Å²) in [6, 6.07) is 0. The van der Waals surface area contributed by atoms with Gasteiger partial charge in [0.1, 0.15) is 0 Å². The van der Waals surface area contributed by atoms with E-state index >= 15 is 0 Å². The van der Waals surface area contributed by atoms with E-state index in [1.54, 1.807) is 28.5 Å². The van der Waals surface area contributed by atoms with Crippen molar-refractivity contribution in [3.05, 3.63) is 65.2 Å². The third-order valence-electron chi connectivity index (χ3n) is 6.34. The number of nitrogens with zero attached hydrogens (tertiary/aromatic N) is 3. The maximum Gasteiger partial charge on any atom is 0.331 e. The highest BCUT2D eigenvalue weighted by atomic mass is 16.2. The van der Waals surface area contributed by atoms with E-state index in [1.807, 2.05) is 69.2 Å². The van der Waals surface area contributed by atoms with E-state index in [1.165, 1.54) is 4.57 Å². The van der Waals surface area contributed by atoms with Gasteiger partial charge < -0.3 is 0 Å². The monoisotopic (exact) mass is 460 g/mol. The molecule has 0 aliphatic heterocycles. The van der Waals surface area contributed by atoms with Crippen molar-refractivity contribution < 1.29 is 0 Å². The Morgan fingerprint density at radius 2 is 1.27 bits per heavy atom. The molecule has 0 atom stereocenters. The van der Waals surface area contributed by atoms with Crippen LogP contribution < -0.4 is 22.5 Å². The van der Waals surface area contributed by atoms with Gasteiger partial charge in [-0.2, -0.15) is 0 Å². The van der Waals surface area contributed by atoms with Crippen LogP contribution in [0.3, 0.4) is 0 Å². The van der Waals surface area contributed by atoms with E-state index in [-0.39, 0.29) is 16.8 Å². The molecule has 2 aromatic rings. The molecule has 0 aromatic carbocycles. The van der Waals surface area contributed by atoms with Gasteiger partial charge in [-0.05, 0) is 73.6 Å². The summed E-state index contributed by atoms with van der Waals surface area (Å²) >= 11 is 0. The third kappa shape index (κ3) is 5.31. The molecule has 2 heterocycles. The lowest BCUT2D eigenvalue weighted by Gasteiger charge is -2.35. The topological polar surface area (TPSA) is 98.9 Å². The van der Waals surface area contributed by atoms with Crippen LogP contribution in [-0.4, -0.2) is 18.7 Å². The van der Waals surface area contributed by atoms with Gasteiger partial charge in [0, 0.05) is 40.1 Å². The van der Waals surface area contributed by atoms with Crippen molar-refractivity contribution in [2.24, 2.45) is 0 Å². The van der Waals surface area contributed by atoms with Crippen LogP contribution >= 0.6 is 0 Å². The first-order valence-corrected chi connectivity index (χ1v) is 11.4. The van der Waals surface area contributed by atoms with Crippen LogP contribution in [0.1, 0.15) is 93.2 Å². The van der Waals surface area contributed by atoms with E-state index in [2.05, 4.69) is 4.98 Å². The van der Waals surface area contributed by atoms with Crippen LogP contribution in [-0.2, 0) is 22.0 Å². The fourth-order valence-electron chi connectivity index (χ4n) is 3.99. The number of H-pyrrole nitrogens is 1. The van der Waals surface area contributed by atoms with Gasteiger partial charge >= 0.3 is 11.4 Å². The Balaban J connectivity index is 2.53. The zero-order chi connectivity index (χ0) is 25.7. The molecule has 184 valence electrons. The Labute approximate surface area is 195 Å². The average Bonchev–Trinajstić information content (AvgIpc) is 2.61. The Hall–Kier alpha value is -2.64. The number of aryl methyl sites for hydroxylation is 1. The fourth-order valence-corrected chi connectivity index (χ4v) is 3.99. The maximum absolute atomic E-state index is 13.3. The van der Waals surface area contributed by atoms with Gasteiger partial charge in [-0.15, -0.1) is 0 Å². The molecule has 2 aromatic heterocycles. The summed E-state index contributed by atoms with van der Waals surface area (Å²) in [4.78, 5) is 53.8. The molecule has 0 aliphatic carbocycles. The van der Waals surface area contributed by atoms with Crippen LogP contribution in [0.4, 0.5) is 0 Å². The zero-order valence-electron chi connectivity index (χ0n) is 22.0. The van der Waals surface area contributed by atoms with E-state index in [9.17, 15) is 19.2 Å². The smallest absolute Gasteiger partial charge is 0.295 e. The van der Waals surface area contributed by atoms with Crippen molar-refractivity contribution in [2.45, 2.75) is 111 Å². The first-order chi connectivity index (χ1) is 14.7. The van der Waals surface area contributed by atoms with Gasteiger partial charge in [-0.3, -0.25) is 28.3 Å². The fraction of sp³-hybridized carbons (Fsp3) is 0.680. The molecule has 0 spiro atoms. The first-order valence-electron chi connectivity index (χ1n) is 11.4. The van der Waals surface area contributed by atoms with Crippen molar-refractivity contribution in [2.75, 3.05) is 0 Å². The molecule has 0 saturated carbocycles. The summed E-state index contributed by atoms with van der Waals surface area (Å²) in [6.07, 6.45) is 4.23. The molecule has 0 unspecified atom stereocenters. The molecule has 1 N–H and O–H groups in total. The molecule has 0 fully saturated rings. The van der Waals surface area contributed by atoms with E-state index in [0.29, 0.717) is 24.0 Å². The van der Waals surface area contributed by atoms with Crippen molar-refractivity contribution in [3.8, 4) is 0 Å². The van der Waals surface area contributed by atoms with Crippen LogP contribution in [0.25, 0.3) is 0 Å². The number of aromatic amines is 1. The summed E-state index contributed by atoms with van der Waals surface area (Å²) in [5.41, 5.74) is -2.83. The predicted molar refractivity (Wildman–Crippen MR) is 133 cm³/mol. The summed E-state index contributed by atoms with van der Waals surface area (Å²) in [6.45, 7) is 20.8. The molecule has 2 rings (SSSR count). The van der Waals surface area contributed by atoms with Crippen molar-refractivity contribution >= 4 is 0 Å². The van der Waals surface area contributed by atoms with Gasteiger partial charge in [0.05, 0.1) is 0 Å². The van der Waals surface area contributed by atoms with E-state index in [0.717, 1.165) is 0 Å². The molecule has 8 nitrogen and oxygen atoms in total. The molecule has 0 bridgehead atoms. The summed E-state index contributed by atoms with van der Waals surface area (Å²) < 4.78 is 4.48. The van der Waals surface area contributed by atoms with Crippen LogP contribution in [0.5, 0.6) is 0 Å². The standard InChI is InChI=1S/C25H40N4O4/c1-16-14-28(23(5,6)7)21(33)29(19(16)31)25(10,11)13-12-24(8,9)27-15-17(22(2,3)4)18(30)26-20(27)32/h14-15H,12-13H2,1-11H3,(H,26,30,32). The molecule has 8 heteroatoms. The quantitative estimate of drug-likeness (QED) is 0.741. The number of hydrogen-bond acceptors (Lipinski definition) is 4. The second-order valence-corrected chi connectivity index (χ2v) is 12.3. The molecule has 0 saturated heterocycles. The van der Waals surface area contributed by atoms with Gasteiger partial charge in [-0.1, -0.05) is 20.8 Å². The summed E-state index contributed by atoms with van der Waals surface area (Å²) in [5.74, 6) is 0. The number of nitrogens with one attached hydrogen (secondary N) is 1. The van der Waals surface area contributed by atoms with Gasteiger partial charge in [0.2, 0.25) is 0 Å². The second-order valence-electron chi connectivity index (χ2n) is 12.3. The lowest BCUT2D eigenvalue weighted by molar-refractivity contribution is 0.215. The first kappa shape index (κ1) is 26.6. The normalized spacial score (nSPS) is 13.4. The molecular weight excluding hydrogens is 420 g/mol. The van der Waals surface area contributed by atoms with Gasteiger partial charge in [-0.25, -0.2) is 9.59 Å². The number of aromatic nitrogens is 4. The molecule has 33 heavy (non-hydrogen) atoms. The largest absolute Gasteiger partial charge is 0.331 e. The minimum absolute atomic E-state index is 0.306. The SMILES string of the molecule is Cc1cn(C(C)(C)C)c(=O)n(C(C)(C)CCC(C)(C)n2cc(C(C)(C)C)c(=O)[nH]c2=O)c1=O. The van der Waals surface area contributed by atoms with E-state index in [4.69, 9.17) is 0 Å². The Bertz CT molecular complexity index is 1270. The van der Waals surface area contributed by atoms with Gasteiger partial charge in [0.25, 0.3) is 11.1 Å². The Morgan fingerprint density at radius 1 is 0.758 bits per heavy atom. The van der Waals surface area contributed by atoms with Crippen LogP contribution in [0, 0.1) is 6.92 Å². The van der Waals surface area contributed by atoms with E-state index < -0.39 is 27.7 Å². The Morgan fingerprint density at radius 3 is 1.76 bits per heavy atom. The molecular formula is C25H40N4O4. The second kappa shape index (κ2) is 8.29. The third-order valence-corrected chi connectivity index (χ3v) is 6.34. The zero-order valence-corrected chi connectivity index (χ0v) is 22.0. The summed E-state index contributed by atoms with van der Waals surface area (Å²) in [7, 11) is 0. The highest BCUT2D eigenvalue weighted by Crippen LogP contribution is 2.28. The summed E-state index contributed by atoms with van der Waals surface area (Å²) in [5, 5.41) is 0. The lowest BCUT2D eigenvalue weighted by Crippen LogP contribution is -2.52. The highest BCUT2D eigenvalue weighted by Gasteiger charge is 2.32. The maximum atomic E-state index is 13.3. The minimum Gasteiger partial charge on any atom is -0.295 e. The molecule has 0 aliphatic rings. The van der Waals surface area contributed by atoms with Crippen molar-refractivity contribution in [3.63, 3.8) is 0 Å². The minimum atomic E-state index is -0.789. The average molecular weight is 461 g/mol. The van der Waals surface area contributed by atoms with Gasteiger partial charge in [0.15, 0.2) is 0 Å². The highest BCUT2D eigenvalue weighted by molar-refractivity contribution is 5.16. The molecule has 0 radical (unpaired) electrons. The molecule has 0 amide bonds.